The molecule has 6 nitrogen and oxygen atoms in total. The molecular weight excluding hydrogens is 410 g/mol. The number of nitriles is 1. The average molecular weight is 430 g/mol. The first-order valence-corrected chi connectivity index (χ1v) is 10.0. The van der Waals surface area contributed by atoms with Gasteiger partial charge in [0.2, 0.25) is 0 Å². The van der Waals surface area contributed by atoms with Gasteiger partial charge in [-0.1, -0.05) is 42.1 Å². The second kappa shape index (κ2) is 9.24. The normalized spacial score (nSPS) is 19.2. The number of nitrogens with one attached hydrogen (secondary N) is 1. The van der Waals surface area contributed by atoms with Gasteiger partial charge >= 0.3 is 0 Å². The number of hydrazone groups is 1. The van der Waals surface area contributed by atoms with E-state index in [1.54, 1.807) is 6.92 Å². The molecule has 30 heavy (non-hydrogen) atoms. The van der Waals surface area contributed by atoms with Crippen LogP contribution in [0, 0.1) is 23.1 Å². The number of halogens is 2. The third kappa shape index (κ3) is 4.15. The Kier molecular flexibility index (Phi) is 6.70. The standard InChI is InChI=1S/C21H20F2N4O2S/c1-14(29-2)20(28)27-21(10-11-25-13-24,15-6-4-3-5-7-15)30-19(26-27)17-12-16(22)8-9-18(17)23/h3-9,12,14,25H,10-11H2,1-2H3/t14-,21?/m0/s1. The van der Waals surface area contributed by atoms with Crippen LogP contribution in [0.2, 0.25) is 0 Å². The van der Waals surface area contributed by atoms with Gasteiger partial charge in [-0.25, -0.2) is 13.8 Å². The van der Waals surface area contributed by atoms with Gasteiger partial charge in [0.05, 0.1) is 0 Å². The summed E-state index contributed by atoms with van der Waals surface area (Å²) >= 11 is 1.15. The lowest BCUT2D eigenvalue weighted by molar-refractivity contribution is -0.144. The zero-order chi connectivity index (χ0) is 21.7. The minimum atomic E-state index is -1.07. The number of rotatable bonds is 7. The number of amides is 1. The largest absolute Gasteiger partial charge is 0.372 e. The summed E-state index contributed by atoms with van der Waals surface area (Å²) in [5.41, 5.74) is 0.705. The highest BCUT2D eigenvalue weighted by atomic mass is 32.2. The number of carbonyl (C=O) groups excluding carboxylic acids is 1. The third-order valence-corrected chi connectivity index (χ3v) is 6.21. The number of ether oxygens (including phenoxy) is 1. The summed E-state index contributed by atoms with van der Waals surface area (Å²) in [7, 11) is 1.41. The number of thioether (sulfide) groups is 1. The highest BCUT2D eigenvalue weighted by molar-refractivity contribution is 8.15. The highest BCUT2D eigenvalue weighted by Crippen LogP contribution is 2.50. The number of methoxy groups -OCH3 is 1. The van der Waals surface area contributed by atoms with E-state index in [2.05, 4.69) is 10.4 Å². The first-order chi connectivity index (χ1) is 14.4. The molecule has 1 N–H and O–H groups in total. The molecule has 1 aliphatic rings. The van der Waals surface area contributed by atoms with E-state index in [4.69, 9.17) is 10.00 Å². The Morgan fingerprint density at radius 2 is 2.07 bits per heavy atom. The smallest absolute Gasteiger partial charge is 0.273 e. The van der Waals surface area contributed by atoms with Gasteiger partial charge < -0.3 is 10.1 Å². The van der Waals surface area contributed by atoms with Crippen molar-refractivity contribution in [2.75, 3.05) is 13.7 Å². The van der Waals surface area contributed by atoms with Crippen LogP contribution in [0.1, 0.15) is 24.5 Å². The van der Waals surface area contributed by atoms with Crippen molar-refractivity contribution >= 4 is 22.7 Å². The number of nitrogens with zero attached hydrogens (tertiary/aromatic N) is 3. The van der Waals surface area contributed by atoms with E-state index in [9.17, 15) is 13.6 Å². The first kappa shape index (κ1) is 21.7. The Bertz CT molecular complexity index is 996. The van der Waals surface area contributed by atoms with Crippen LogP contribution in [0.25, 0.3) is 0 Å². The minimum Gasteiger partial charge on any atom is -0.372 e. The van der Waals surface area contributed by atoms with Gasteiger partial charge in [-0.2, -0.15) is 10.4 Å². The van der Waals surface area contributed by atoms with E-state index in [1.165, 1.54) is 12.1 Å². The maximum Gasteiger partial charge on any atom is 0.273 e. The second-order valence-electron chi connectivity index (χ2n) is 6.60. The van der Waals surface area contributed by atoms with Crippen molar-refractivity contribution in [1.82, 2.24) is 10.3 Å². The zero-order valence-corrected chi connectivity index (χ0v) is 17.2. The molecule has 3 rings (SSSR count). The maximum absolute atomic E-state index is 14.5. The third-order valence-electron chi connectivity index (χ3n) is 4.76. The molecule has 2 aromatic rings. The minimum absolute atomic E-state index is 0.0334. The summed E-state index contributed by atoms with van der Waals surface area (Å²) in [5, 5.41) is 17.3. The molecule has 0 fully saturated rings. The molecule has 156 valence electrons. The van der Waals surface area contributed by atoms with Gasteiger partial charge in [-0.3, -0.25) is 4.79 Å². The molecule has 1 unspecified atom stereocenters. The van der Waals surface area contributed by atoms with Crippen LogP contribution in [0.5, 0.6) is 0 Å². The number of hydrogen-bond acceptors (Lipinski definition) is 6. The van der Waals surface area contributed by atoms with E-state index in [0.717, 1.165) is 35.5 Å². The molecular formula is C21H20F2N4O2S. The van der Waals surface area contributed by atoms with Crippen LogP contribution in [0.3, 0.4) is 0 Å². The molecule has 0 aromatic heterocycles. The summed E-state index contributed by atoms with van der Waals surface area (Å²) < 4.78 is 33.5. The van der Waals surface area contributed by atoms with Crippen LogP contribution in [0.4, 0.5) is 8.78 Å². The van der Waals surface area contributed by atoms with Crippen LogP contribution in [-0.4, -0.2) is 35.7 Å². The van der Waals surface area contributed by atoms with Gasteiger partial charge in [-0.15, -0.1) is 0 Å². The molecule has 0 spiro atoms. The fourth-order valence-electron chi connectivity index (χ4n) is 3.13. The zero-order valence-electron chi connectivity index (χ0n) is 16.4. The maximum atomic E-state index is 14.5. The van der Waals surface area contributed by atoms with Gasteiger partial charge in [0.15, 0.2) is 6.19 Å². The topological polar surface area (TPSA) is 77.7 Å². The monoisotopic (exact) mass is 430 g/mol. The fourth-order valence-corrected chi connectivity index (χ4v) is 4.52. The molecule has 0 saturated heterocycles. The molecule has 1 amide bonds. The molecule has 9 heteroatoms. The Hall–Kier alpha value is -2.96. The lowest BCUT2D eigenvalue weighted by atomic mass is 10.0. The van der Waals surface area contributed by atoms with E-state index < -0.39 is 28.5 Å². The molecule has 2 aromatic carbocycles. The van der Waals surface area contributed by atoms with Crippen molar-refractivity contribution in [2.24, 2.45) is 5.10 Å². The van der Waals surface area contributed by atoms with Crippen molar-refractivity contribution in [2.45, 2.75) is 24.3 Å². The summed E-state index contributed by atoms with van der Waals surface area (Å²) in [4.78, 5) is 12.1. The average Bonchev–Trinajstić information content (AvgIpc) is 3.15. The molecule has 1 heterocycles. The predicted octanol–water partition coefficient (Wildman–Crippen LogP) is 3.55. The molecule has 0 saturated carbocycles. The van der Waals surface area contributed by atoms with Gasteiger partial charge in [0.1, 0.15) is 27.7 Å². The second-order valence-corrected chi connectivity index (χ2v) is 7.86. The summed E-state index contributed by atoms with van der Waals surface area (Å²) in [6, 6.07) is 12.2. The molecule has 0 radical (unpaired) electrons. The quantitative estimate of drug-likeness (QED) is 0.413. The van der Waals surface area contributed by atoms with Crippen LogP contribution in [-0.2, 0) is 14.4 Å². The predicted molar refractivity (Wildman–Crippen MR) is 110 cm³/mol. The first-order valence-electron chi connectivity index (χ1n) is 9.20. The highest BCUT2D eigenvalue weighted by Gasteiger charge is 2.49. The fraction of sp³-hybridized carbons (Fsp3) is 0.286. The van der Waals surface area contributed by atoms with Crippen molar-refractivity contribution in [3.63, 3.8) is 0 Å². The summed E-state index contributed by atoms with van der Waals surface area (Å²) in [6.07, 6.45) is 1.35. The Balaban J connectivity index is 2.14. The van der Waals surface area contributed by atoms with E-state index in [-0.39, 0.29) is 17.2 Å². The molecule has 1 aliphatic heterocycles. The number of carbonyl (C=O) groups is 1. The SMILES string of the molecule is CO[C@@H](C)C(=O)N1N=C(c2cc(F)ccc2F)SC1(CCNC#N)c1ccccc1. The van der Waals surface area contributed by atoms with Gasteiger partial charge in [0.25, 0.3) is 5.91 Å². The van der Waals surface area contributed by atoms with Crippen LogP contribution < -0.4 is 5.32 Å². The summed E-state index contributed by atoms with van der Waals surface area (Å²) in [6.45, 7) is 1.84. The van der Waals surface area contributed by atoms with Gasteiger partial charge in [-0.05, 0) is 30.7 Å². The Labute approximate surface area is 177 Å². The van der Waals surface area contributed by atoms with Crippen molar-refractivity contribution in [3.8, 4) is 6.19 Å². The molecule has 2 atom stereocenters. The number of benzene rings is 2. The van der Waals surface area contributed by atoms with Gasteiger partial charge in [0, 0.05) is 25.6 Å². The van der Waals surface area contributed by atoms with Crippen LogP contribution >= 0.6 is 11.8 Å². The van der Waals surface area contributed by atoms with Crippen LogP contribution in [0.15, 0.2) is 53.6 Å². The summed E-state index contributed by atoms with van der Waals surface area (Å²) in [5.74, 6) is -1.69. The lowest BCUT2D eigenvalue weighted by Crippen LogP contribution is -2.46. The van der Waals surface area contributed by atoms with Crippen molar-refractivity contribution < 1.29 is 18.3 Å². The van der Waals surface area contributed by atoms with Crippen molar-refractivity contribution in [3.05, 3.63) is 71.3 Å². The van der Waals surface area contributed by atoms with Crippen molar-refractivity contribution in [1.29, 1.82) is 5.26 Å². The Morgan fingerprint density at radius 3 is 2.73 bits per heavy atom. The van der Waals surface area contributed by atoms with E-state index in [1.807, 2.05) is 36.5 Å². The van der Waals surface area contributed by atoms with E-state index >= 15 is 0 Å². The Morgan fingerprint density at radius 1 is 1.33 bits per heavy atom. The molecule has 0 bridgehead atoms. The van der Waals surface area contributed by atoms with E-state index in [0.29, 0.717) is 6.42 Å². The molecule has 0 aliphatic carbocycles. The lowest BCUT2D eigenvalue weighted by Gasteiger charge is -2.36. The number of hydrogen-bond donors (Lipinski definition) is 1.